The van der Waals surface area contributed by atoms with Crippen molar-refractivity contribution in [2.24, 2.45) is 5.92 Å². The van der Waals surface area contributed by atoms with E-state index >= 15 is 0 Å². The summed E-state index contributed by atoms with van der Waals surface area (Å²) < 4.78 is 18.8. The molecule has 0 radical (unpaired) electrons. The Morgan fingerprint density at radius 1 is 1.30 bits per heavy atom. The van der Waals surface area contributed by atoms with Crippen molar-refractivity contribution < 1.29 is 13.9 Å². The minimum Gasteiger partial charge on any atom is -0.467 e. The molecule has 110 valence electrons. The van der Waals surface area contributed by atoms with Gasteiger partial charge in [-0.15, -0.1) is 0 Å². The van der Waals surface area contributed by atoms with Crippen LogP contribution in [0.25, 0.3) is 0 Å². The fraction of sp³-hybridized carbons (Fsp3) is 0.562. The van der Waals surface area contributed by atoms with Gasteiger partial charge in [0.25, 0.3) is 0 Å². The van der Waals surface area contributed by atoms with Crippen LogP contribution in [0.4, 0.5) is 10.1 Å². The third-order valence-corrected chi connectivity index (χ3v) is 4.30. The summed E-state index contributed by atoms with van der Waals surface area (Å²) in [6.07, 6.45) is 5.35. The van der Waals surface area contributed by atoms with E-state index in [0.29, 0.717) is 5.69 Å². The predicted molar refractivity (Wildman–Crippen MR) is 77.0 cm³/mol. The maximum Gasteiger partial charge on any atom is 0.331 e. The lowest BCUT2D eigenvalue weighted by molar-refractivity contribution is -0.147. The van der Waals surface area contributed by atoms with E-state index in [9.17, 15) is 9.18 Å². The van der Waals surface area contributed by atoms with Crippen LogP contribution in [0.15, 0.2) is 24.3 Å². The van der Waals surface area contributed by atoms with Crippen LogP contribution < -0.4 is 5.32 Å². The van der Waals surface area contributed by atoms with E-state index in [1.54, 1.807) is 18.2 Å². The molecule has 1 unspecified atom stereocenters. The average molecular weight is 279 g/mol. The lowest BCUT2D eigenvalue weighted by Gasteiger charge is -2.38. The Morgan fingerprint density at radius 2 is 1.95 bits per heavy atom. The summed E-state index contributed by atoms with van der Waals surface area (Å²) >= 11 is 0. The zero-order valence-corrected chi connectivity index (χ0v) is 12.1. The number of ether oxygens (including phenoxy) is 1. The number of anilines is 1. The van der Waals surface area contributed by atoms with Gasteiger partial charge in [0.15, 0.2) is 0 Å². The highest BCUT2D eigenvalue weighted by Crippen LogP contribution is 2.36. The Balaban J connectivity index is 2.27. The molecule has 1 aliphatic carbocycles. The molecule has 1 saturated carbocycles. The first kappa shape index (κ1) is 14.8. The van der Waals surface area contributed by atoms with Crippen LogP contribution in [0.3, 0.4) is 0 Å². The number of carbonyl (C=O) groups excluding carboxylic acids is 1. The van der Waals surface area contributed by atoms with Crippen LogP contribution >= 0.6 is 0 Å². The molecule has 1 N–H and O–H groups in total. The molecule has 1 aromatic rings. The topological polar surface area (TPSA) is 38.3 Å². The molecule has 1 atom stereocenters. The summed E-state index contributed by atoms with van der Waals surface area (Å²) in [5.74, 6) is -0.505. The first-order valence-corrected chi connectivity index (χ1v) is 7.19. The summed E-state index contributed by atoms with van der Waals surface area (Å²) in [7, 11) is 1.38. The van der Waals surface area contributed by atoms with E-state index in [1.807, 2.05) is 6.92 Å². The molecule has 1 aliphatic rings. The largest absolute Gasteiger partial charge is 0.467 e. The zero-order chi connectivity index (χ0) is 14.6. The van der Waals surface area contributed by atoms with E-state index in [4.69, 9.17) is 4.74 Å². The fourth-order valence-corrected chi connectivity index (χ4v) is 3.05. The Kier molecular flexibility index (Phi) is 4.63. The highest BCUT2D eigenvalue weighted by Gasteiger charge is 2.43. The Hall–Kier alpha value is -1.58. The summed E-state index contributed by atoms with van der Waals surface area (Å²) in [5, 5.41) is 3.09. The molecule has 0 amide bonds. The molecule has 0 aliphatic heterocycles. The number of benzene rings is 1. The highest BCUT2D eigenvalue weighted by atomic mass is 19.1. The normalized spacial score (nSPS) is 19.1. The predicted octanol–water partition coefficient (Wildman–Crippen LogP) is 3.75. The van der Waals surface area contributed by atoms with Gasteiger partial charge in [-0.25, -0.2) is 9.18 Å². The second-order valence-electron chi connectivity index (χ2n) is 5.63. The molecule has 2 rings (SSSR count). The molecule has 1 fully saturated rings. The van der Waals surface area contributed by atoms with Crippen molar-refractivity contribution >= 4 is 11.7 Å². The van der Waals surface area contributed by atoms with Crippen LogP contribution in [0.2, 0.25) is 0 Å². The third-order valence-electron chi connectivity index (χ3n) is 4.30. The van der Waals surface area contributed by atoms with Crippen molar-refractivity contribution in [3.63, 3.8) is 0 Å². The number of esters is 1. The molecule has 0 spiro atoms. The number of methoxy groups -OCH3 is 1. The number of halogens is 1. The van der Waals surface area contributed by atoms with Crippen molar-refractivity contribution in [1.29, 1.82) is 0 Å². The van der Waals surface area contributed by atoms with E-state index in [-0.39, 0.29) is 17.7 Å². The van der Waals surface area contributed by atoms with Crippen molar-refractivity contribution in [1.82, 2.24) is 0 Å². The van der Waals surface area contributed by atoms with Crippen molar-refractivity contribution in [2.45, 2.75) is 44.6 Å². The number of rotatable bonds is 4. The van der Waals surface area contributed by atoms with Gasteiger partial charge in [-0.2, -0.15) is 0 Å². The molecular weight excluding hydrogens is 257 g/mol. The van der Waals surface area contributed by atoms with Gasteiger partial charge in [-0.1, -0.05) is 31.4 Å². The summed E-state index contributed by atoms with van der Waals surface area (Å²) in [5.41, 5.74) is -0.525. The Morgan fingerprint density at radius 3 is 2.55 bits per heavy atom. The molecule has 20 heavy (non-hydrogen) atoms. The second kappa shape index (κ2) is 6.25. The lowest BCUT2D eigenvalue weighted by Crippen LogP contribution is -2.51. The number of hydrogen-bond acceptors (Lipinski definition) is 3. The molecular formula is C16H22FNO2. The maximum atomic E-state index is 13.8. The molecule has 0 aromatic heterocycles. The molecule has 0 heterocycles. The van der Waals surface area contributed by atoms with E-state index in [2.05, 4.69) is 5.32 Å². The molecule has 3 nitrogen and oxygen atoms in total. The molecule has 1 aromatic carbocycles. The first-order valence-electron chi connectivity index (χ1n) is 7.19. The number of hydrogen-bond donors (Lipinski definition) is 1. The minimum atomic E-state index is -0.878. The van der Waals surface area contributed by atoms with Crippen LogP contribution in [0.1, 0.15) is 39.0 Å². The average Bonchev–Trinajstić information content (AvgIpc) is 2.49. The molecule has 4 heteroatoms. The van der Waals surface area contributed by atoms with Gasteiger partial charge in [0.2, 0.25) is 0 Å². The van der Waals surface area contributed by atoms with Crippen molar-refractivity contribution in [3.05, 3.63) is 30.1 Å². The lowest BCUT2D eigenvalue weighted by atomic mass is 9.75. The van der Waals surface area contributed by atoms with Crippen LogP contribution in [-0.4, -0.2) is 18.6 Å². The summed E-state index contributed by atoms with van der Waals surface area (Å²) in [6, 6.07) is 6.43. The Labute approximate surface area is 119 Å². The number of carbonyl (C=O) groups is 1. The van der Waals surface area contributed by atoms with Gasteiger partial charge in [0.05, 0.1) is 12.8 Å². The highest BCUT2D eigenvalue weighted by molar-refractivity contribution is 5.84. The van der Waals surface area contributed by atoms with Gasteiger partial charge in [-0.05, 0) is 37.8 Å². The zero-order valence-electron chi connectivity index (χ0n) is 12.1. The summed E-state index contributed by atoms with van der Waals surface area (Å²) in [6.45, 7) is 1.82. The standard InChI is InChI=1S/C16H22FNO2/c1-16(15(19)20-2,12-8-4-3-5-9-12)18-14-11-7-6-10-13(14)17/h6-7,10-12,18H,3-5,8-9H2,1-2H3. The van der Waals surface area contributed by atoms with Gasteiger partial charge >= 0.3 is 5.97 Å². The maximum absolute atomic E-state index is 13.8. The fourth-order valence-electron chi connectivity index (χ4n) is 3.05. The van der Waals surface area contributed by atoms with Crippen LogP contribution in [-0.2, 0) is 9.53 Å². The van der Waals surface area contributed by atoms with Gasteiger partial charge in [0.1, 0.15) is 11.4 Å². The quantitative estimate of drug-likeness (QED) is 0.853. The number of para-hydroxylation sites is 1. The van der Waals surface area contributed by atoms with E-state index in [1.165, 1.54) is 19.6 Å². The molecule has 0 saturated heterocycles. The Bertz CT molecular complexity index is 471. The van der Waals surface area contributed by atoms with Crippen LogP contribution in [0.5, 0.6) is 0 Å². The summed E-state index contributed by atoms with van der Waals surface area (Å²) in [4.78, 5) is 12.2. The van der Waals surface area contributed by atoms with E-state index < -0.39 is 5.54 Å². The smallest absolute Gasteiger partial charge is 0.331 e. The van der Waals surface area contributed by atoms with Crippen molar-refractivity contribution in [3.8, 4) is 0 Å². The second-order valence-corrected chi connectivity index (χ2v) is 5.63. The van der Waals surface area contributed by atoms with Crippen LogP contribution in [0, 0.1) is 11.7 Å². The SMILES string of the molecule is COC(=O)C(C)(Nc1ccccc1F)C1CCCCC1. The van der Waals surface area contributed by atoms with E-state index in [0.717, 1.165) is 25.7 Å². The van der Waals surface area contributed by atoms with Gasteiger partial charge in [0, 0.05) is 0 Å². The van der Waals surface area contributed by atoms with Gasteiger partial charge in [-0.3, -0.25) is 0 Å². The van der Waals surface area contributed by atoms with Gasteiger partial charge < -0.3 is 10.1 Å². The minimum absolute atomic E-state index is 0.170. The van der Waals surface area contributed by atoms with Crippen molar-refractivity contribution in [2.75, 3.05) is 12.4 Å². The third kappa shape index (κ3) is 2.94. The monoisotopic (exact) mass is 279 g/mol. The molecule has 0 bridgehead atoms. The number of nitrogens with one attached hydrogen (secondary N) is 1. The first-order chi connectivity index (χ1) is 9.58.